The Morgan fingerprint density at radius 1 is 1.19 bits per heavy atom. The van der Waals surface area contributed by atoms with Crippen LogP contribution in [0.4, 0.5) is 4.39 Å². The summed E-state index contributed by atoms with van der Waals surface area (Å²) in [6, 6.07) is 3.30. The van der Waals surface area contributed by atoms with Crippen LogP contribution in [0.3, 0.4) is 0 Å². The first-order valence-electron chi connectivity index (χ1n) is 5.86. The van der Waals surface area contributed by atoms with Crippen molar-refractivity contribution in [2.24, 2.45) is 0 Å². The summed E-state index contributed by atoms with van der Waals surface area (Å²) in [6.07, 6.45) is 3.67. The fourth-order valence-electron chi connectivity index (χ4n) is 1.79. The highest BCUT2D eigenvalue weighted by Crippen LogP contribution is 2.17. The molecule has 0 N–H and O–H groups in total. The Bertz CT molecular complexity index is 359. The molecule has 0 aliphatic heterocycles. The number of unbranched alkanes of at least 4 members (excludes halogenated alkanes) is 2. The van der Waals surface area contributed by atoms with Gasteiger partial charge in [0, 0.05) is 12.0 Å². The number of ketones is 1. The number of aryl methyl sites for hydroxylation is 2. The van der Waals surface area contributed by atoms with Gasteiger partial charge in [0.25, 0.3) is 0 Å². The first kappa shape index (κ1) is 12.9. The molecular weight excluding hydrogens is 203 g/mol. The lowest BCUT2D eigenvalue weighted by molar-refractivity contribution is 0.0979. The van der Waals surface area contributed by atoms with E-state index in [9.17, 15) is 9.18 Å². The van der Waals surface area contributed by atoms with Gasteiger partial charge in [0.05, 0.1) is 0 Å². The molecule has 0 amide bonds. The second-order valence-electron chi connectivity index (χ2n) is 4.30. The first-order valence-corrected chi connectivity index (χ1v) is 5.86. The second-order valence-corrected chi connectivity index (χ2v) is 4.30. The Balaban J connectivity index is 2.76. The van der Waals surface area contributed by atoms with Crippen molar-refractivity contribution in [2.75, 3.05) is 0 Å². The summed E-state index contributed by atoms with van der Waals surface area (Å²) in [5.41, 5.74) is 1.75. The number of carbonyl (C=O) groups excluding carboxylic acids is 1. The molecule has 0 aliphatic rings. The molecule has 1 aromatic rings. The summed E-state index contributed by atoms with van der Waals surface area (Å²) in [4.78, 5) is 11.8. The molecule has 0 fully saturated rings. The van der Waals surface area contributed by atoms with Crippen molar-refractivity contribution in [2.45, 2.75) is 46.5 Å². The van der Waals surface area contributed by atoms with Gasteiger partial charge >= 0.3 is 0 Å². The van der Waals surface area contributed by atoms with E-state index in [1.54, 1.807) is 26.0 Å². The largest absolute Gasteiger partial charge is 0.294 e. The number of rotatable bonds is 5. The molecule has 0 radical (unpaired) electrons. The standard InChI is InChI=1S/C14H19FO/c1-4-5-6-7-13(16)12-8-10(2)14(15)11(3)9-12/h8-9H,4-7H2,1-3H3. The van der Waals surface area contributed by atoms with E-state index < -0.39 is 0 Å². The number of carbonyl (C=O) groups is 1. The molecule has 88 valence electrons. The third kappa shape index (κ3) is 3.16. The zero-order chi connectivity index (χ0) is 12.1. The predicted octanol–water partition coefficient (Wildman–Crippen LogP) is 4.21. The normalized spacial score (nSPS) is 10.5. The van der Waals surface area contributed by atoms with E-state index in [2.05, 4.69) is 6.92 Å². The van der Waals surface area contributed by atoms with Crippen molar-refractivity contribution in [3.05, 3.63) is 34.6 Å². The Labute approximate surface area is 96.7 Å². The molecular formula is C14H19FO. The minimum atomic E-state index is -0.204. The molecule has 1 rings (SSSR count). The van der Waals surface area contributed by atoms with Gasteiger partial charge in [-0.25, -0.2) is 4.39 Å². The fraction of sp³-hybridized carbons (Fsp3) is 0.500. The summed E-state index contributed by atoms with van der Waals surface area (Å²) in [6.45, 7) is 5.51. The van der Waals surface area contributed by atoms with E-state index in [1.165, 1.54) is 0 Å². The number of hydrogen-bond donors (Lipinski definition) is 0. The quantitative estimate of drug-likeness (QED) is 0.539. The van der Waals surface area contributed by atoms with E-state index in [0.29, 0.717) is 23.1 Å². The van der Waals surface area contributed by atoms with Crippen LogP contribution >= 0.6 is 0 Å². The van der Waals surface area contributed by atoms with Gasteiger partial charge in [-0.05, 0) is 43.5 Å². The van der Waals surface area contributed by atoms with Crippen LogP contribution in [0, 0.1) is 19.7 Å². The van der Waals surface area contributed by atoms with Gasteiger partial charge in [0.15, 0.2) is 5.78 Å². The minimum Gasteiger partial charge on any atom is -0.294 e. The molecule has 0 saturated carbocycles. The van der Waals surface area contributed by atoms with Crippen LogP contribution in [0.15, 0.2) is 12.1 Å². The topological polar surface area (TPSA) is 17.1 Å². The average molecular weight is 222 g/mol. The lowest BCUT2D eigenvalue weighted by atomic mass is 10.00. The van der Waals surface area contributed by atoms with Crippen LogP contribution in [0.2, 0.25) is 0 Å². The van der Waals surface area contributed by atoms with Gasteiger partial charge in [-0.3, -0.25) is 4.79 Å². The van der Waals surface area contributed by atoms with Gasteiger partial charge < -0.3 is 0 Å². The van der Waals surface area contributed by atoms with E-state index >= 15 is 0 Å². The molecule has 0 bridgehead atoms. The van der Waals surface area contributed by atoms with E-state index in [-0.39, 0.29) is 11.6 Å². The Kier molecular flexibility index (Phi) is 4.66. The van der Waals surface area contributed by atoms with E-state index in [1.807, 2.05) is 0 Å². The Hall–Kier alpha value is -1.18. The minimum absolute atomic E-state index is 0.125. The van der Waals surface area contributed by atoms with E-state index in [0.717, 1.165) is 19.3 Å². The highest BCUT2D eigenvalue weighted by atomic mass is 19.1. The number of benzene rings is 1. The molecule has 0 unspecified atom stereocenters. The summed E-state index contributed by atoms with van der Waals surface area (Å²) >= 11 is 0. The summed E-state index contributed by atoms with van der Waals surface area (Å²) in [7, 11) is 0. The van der Waals surface area contributed by atoms with Gasteiger partial charge in [-0.15, -0.1) is 0 Å². The van der Waals surface area contributed by atoms with Crippen molar-refractivity contribution < 1.29 is 9.18 Å². The first-order chi connectivity index (χ1) is 7.56. The monoisotopic (exact) mass is 222 g/mol. The zero-order valence-corrected chi connectivity index (χ0v) is 10.3. The molecule has 0 spiro atoms. The molecule has 0 aliphatic carbocycles. The third-order valence-electron chi connectivity index (χ3n) is 2.77. The Morgan fingerprint density at radius 2 is 1.75 bits per heavy atom. The maximum absolute atomic E-state index is 13.4. The summed E-state index contributed by atoms with van der Waals surface area (Å²) < 4.78 is 13.4. The van der Waals surface area contributed by atoms with Crippen molar-refractivity contribution in [3.63, 3.8) is 0 Å². The smallest absolute Gasteiger partial charge is 0.162 e. The highest BCUT2D eigenvalue weighted by molar-refractivity contribution is 5.96. The van der Waals surface area contributed by atoms with Crippen molar-refractivity contribution in [3.8, 4) is 0 Å². The number of halogens is 1. The van der Waals surface area contributed by atoms with Crippen LogP contribution in [0.5, 0.6) is 0 Å². The molecule has 16 heavy (non-hydrogen) atoms. The zero-order valence-electron chi connectivity index (χ0n) is 10.3. The van der Waals surface area contributed by atoms with Crippen LogP contribution in [-0.4, -0.2) is 5.78 Å². The van der Waals surface area contributed by atoms with Gasteiger partial charge in [-0.1, -0.05) is 19.8 Å². The van der Waals surface area contributed by atoms with Crippen molar-refractivity contribution in [1.29, 1.82) is 0 Å². The molecule has 0 atom stereocenters. The highest BCUT2D eigenvalue weighted by Gasteiger charge is 2.10. The average Bonchev–Trinajstić information content (AvgIpc) is 2.25. The predicted molar refractivity (Wildman–Crippen MR) is 64.3 cm³/mol. The van der Waals surface area contributed by atoms with Gasteiger partial charge in [0.2, 0.25) is 0 Å². The van der Waals surface area contributed by atoms with Crippen molar-refractivity contribution in [1.82, 2.24) is 0 Å². The third-order valence-corrected chi connectivity index (χ3v) is 2.77. The fourth-order valence-corrected chi connectivity index (χ4v) is 1.79. The molecule has 2 heteroatoms. The Morgan fingerprint density at radius 3 is 2.25 bits per heavy atom. The van der Waals surface area contributed by atoms with Crippen molar-refractivity contribution >= 4 is 5.78 Å². The maximum atomic E-state index is 13.4. The molecule has 0 aromatic heterocycles. The van der Waals surface area contributed by atoms with Gasteiger partial charge in [-0.2, -0.15) is 0 Å². The lowest BCUT2D eigenvalue weighted by Gasteiger charge is -2.06. The van der Waals surface area contributed by atoms with Gasteiger partial charge in [0.1, 0.15) is 5.82 Å². The van der Waals surface area contributed by atoms with Crippen LogP contribution in [0.25, 0.3) is 0 Å². The number of Topliss-reactive ketones (excluding diaryl/α,β-unsaturated/α-hetero) is 1. The van der Waals surface area contributed by atoms with Crippen LogP contribution in [0.1, 0.15) is 54.1 Å². The van der Waals surface area contributed by atoms with Crippen LogP contribution in [-0.2, 0) is 0 Å². The van der Waals surface area contributed by atoms with E-state index in [4.69, 9.17) is 0 Å². The molecule has 0 saturated heterocycles. The number of hydrogen-bond acceptors (Lipinski definition) is 1. The summed E-state index contributed by atoms with van der Waals surface area (Å²) in [5.74, 6) is -0.0789. The molecule has 1 nitrogen and oxygen atoms in total. The summed E-state index contributed by atoms with van der Waals surface area (Å²) in [5, 5.41) is 0. The van der Waals surface area contributed by atoms with Crippen LogP contribution < -0.4 is 0 Å². The maximum Gasteiger partial charge on any atom is 0.162 e. The SMILES string of the molecule is CCCCCC(=O)c1cc(C)c(F)c(C)c1. The molecule has 1 aromatic carbocycles. The lowest BCUT2D eigenvalue weighted by Crippen LogP contribution is -2.02. The molecule has 0 heterocycles. The second kappa shape index (κ2) is 5.78.